The minimum atomic E-state index is 0.0682. The SMILES string of the molecule is CCCOc1nc(Cl)nc(NC2CCC(=O)NC2)n1. The number of nitrogens with one attached hydrogen (secondary N) is 2. The Morgan fingerprint density at radius 3 is 3.00 bits per heavy atom. The molecule has 0 spiro atoms. The van der Waals surface area contributed by atoms with Crippen LogP contribution < -0.4 is 15.4 Å². The first-order valence-corrected chi connectivity index (χ1v) is 6.62. The first kappa shape index (κ1) is 13.8. The van der Waals surface area contributed by atoms with Crippen LogP contribution in [0.25, 0.3) is 0 Å². The summed E-state index contributed by atoms with van der Waals surface area (Å²) < 4.78 is 5.33. The summed E-state index contributed by atoms with van der Waals surface area (Å²) in [6.45, 7) is 3.07. The van der Waals surface area contributed by atoms with Gasteiger partial charge in [0.05, 0.1) is 6.61 Å². The number of hydrogen-bond donors (Lipinski definition) is 2. The Hall–Kier alpha value is -1.63. The Labute approximate surface area is 116 Å². The lowest BCUT2D eigenvalue weighted by Crippen LogP contribution is -2.42. The van der Waals surface area contributed by atoms with Crippen molar-refractivity contribution in [2.45, 2.75) is 32.2 Å². The molecule has 0 aromatic carbocycles. The number of rotatable bonds is 5. The predicted octanol–water partition coefficient (Wildman–Crippen LogP) is 1.00. The molecule has 7 nitrogen and oxygen atoms in total. The Kier molecular flexibility index (Phi) is 4.73. The van der Waals surface area contributed by atoms with Gasteiger partial charge in [-0.05, 0) is 24.4 Å². The summed E-state index contributed by atoms with van der Waals surface area (Å²) in [7, 11) is 0. The number of carbonyl (C=O) groups excluding carboxylic acids is 1. The highest BCUT2D eigenvalue weighted by Gasteiger charge is 2.19. The van der Waals surface area contributed by atoms with Crippen LogP contribution in [0.4, 0.5) is 5.95 Å². The molecule has 0 bridgehead atoms. The Bertz CT molecular complexity index is 447. The number of amides is 1. The molecular formula is C11H16ClN5O2. The number of anilines is 1. The van der Waals surface area contributed by atoms with Gasteiger partial charge in [0, 0.05) is 19.0 Å². The zero-order valence-corrected chi connectivity index (χ0v) is 11.4. The van der Waals surface area contributed by atoms with Crippen molar-refractivity contribution in [2.24, 2.45) is 0 Å². The van der Waals surface area contributed by atoms with Crippen LogP contribution in [0.5, 0.6) is 6.01 Å². The van der Waals surface area contributed by atoms with Gasteiger partial charge in [0.15, 0.2) is 0 Å². The third-order valence-corrected chi connectivity index (χ3v) is 2.79. The topological polar surface area (TPSA) is 89.0 Å². The maximum Gasteiger partial charge on any atom is 0.322 e. The molecule has 1 amide bonds. The lowest BCUT2D eigenvalue weighted by molar-refractivity contribution is -0.122. The van der Waals surface area contributed by atoms with Crippen LogP contribution >= 0.6 is 11.6 Å². The van der Waals surface area contributed by atoms with Crippen molar-refractivity contribution in [2.75, 3.05) is 18.5 Å². The first-order valence-electron chi connectivity index (χ1n) is 6.25. The van der Waals surface area contributed by atoms with Gasteiger partial charge in [-0.25, -0.2) is 0 Å². The smallest absolute Gasteiger partial charge is 0.322 e. The van der Waals surface area contributed by atoms with Crippen molar-refractivity contribution in [3.8, 4) is 6.01 Å². The third kappa shape index (κ3) is 4.20. The van der Waals surface area contributed by atoms with E-state index < -0.39 is 0 Å². The molecule has 2 N–H and O–H groups in total. The van der Waals surface area contributed by atoms with Crippen LogP contribution in [0.1, 0.15) is 26.2 Å². The van der Waals surface area contributed by atoms with Crippen LogP contribution in [0.15, 0.2) is 0 Å². The monoisotopic (exact) mass is 285 g/mol. The standard InChI is InChI=1S/C11H16ClN5O2/c1-2-5-19-11-16-9(12)15-10(17-11)14-7-3-4-8(18)13-6-7/h7H,2-6H2,1H3,(H,13,18)(H,14,15,16,17). The van der Waals surface area contributed by atoms with Gasteiger partial charge in [-0.2, -0.15) is 15.0 Å². The van der Waals surface area contributed by atoms with Gasteiger partial charge < -0.3 is 15.4 Å². The molecule has 1 fully saturated rings. The van der Waals surface area contributed by atoms with Gasteiger partial charge in [-0.15, -0.1) is 0 Å². The van der Waals surface area contributed by atoms with E-state index in [1.807, 2.05) is 6.92 Å². The predicted molar refractivity (Wildman–Crippen MR) is 70.3 cm³/mol. The van der Waals surface area contributed by atoms with E-state index in [1.54, 1.807) is 0 Å². The number of piperidine rings is 1. The normalized spacial score (nSPS) is 18.8. The lowest BCUT2D eigenvalue weighted by Gasteiger charge is -2.23. The fourth-order valence-electron chi connectivity index (χ4n) is 1.69. The van der Waals surface area contributed by atoms with Gasteiger partial charge in [0.25, 0.3) is 0 Å². The van der Waals surface area contributed by atoms with Crippen molar-refractivity contribution in [1.29, 1.82) is 0 Å². The molecular weight excluding hydrogens is 270 g/mol. The van der Waals surface area contributed by atoms with E-state index in [0.29, 0.717) is 25.5 Å². The zero-order valence-electron chi connectivity index (χ0n) is 10.6. The van der Waals surface area contributed by atoms with Crippen LogP contribution in [-0.4, -0.2) is 40.1 Å². The van der Waals surface area contributed by atoms with Gasteiger partial charge >= 0.3 is 6.01 Å². The number of nitrogens with zero attached hydrogens (tertiary/aromatic N) is 3. The fraction of sp³-hybridized carbons (Fsp3) is 0.636. The molecule has 1 saturated heterocycles. The van der Waals surface area contributed by atoms with Gasteiger partial charge in [-0.1, -0.05) is 6.92 Å². The summed E-state index contributed by atoms with van der Waals surface area (Å²) in [6.07, 6.45) is 2.09. The summed E-state index contributed by atoms with van der Waals surface area (Å²) in [5, 5.41) is 5.98. The van der Waals surface area contributed by atoms with Crippen molar-refractivity contribution >= 4 is 23.5 Å². The molecule has 2 rings (SSSR count). The first-order chi connectivity index (χ1) is 9.17. The number of carbonyl (C=O) groups is 1. The van der Waals surface area contributed by atoms with Gasteiger partial charge in [0.1, 0.15) is 0 Å². The Morgan fingerprint density at radius 1 is 1.47 bits per heavy atom. The minimum Gasteiger partial charge on any atom is -0.463 e. The molecule has 1 unspecified atom stereocenters. The Morgan fingerprint density at radius 2 is 2.32 bits per heavy atom. The van der Waals surface area contributed by atoms with E-state index in [0.717, 1.165) is 12.8 Å². The van der Waals surface area contributed by atoms with Crippen molar-refractivity contribution in [3.05, 3.63) is 5.28 Å². The highest BCUT2D eigenvalue weighted by atomic mass is 35.5. The molecule has 1 aliphatic heterocycles. The van der Waals surface area contributed by atoms with Gasteiger partial charge in [0.2, 0.25) is 17.1 Å². The highest BCUT2D eigenvalue weighted by Crippen LogP contribution is 2.14. The number of halogens is 1. The van der Waals surface area contributed by atoms with E-state index in [2.05, 4.69) is 25.6 Å². The summed E-state index contributed by atoms with van der Waals surface area (Å²) >= 11 is 5.82. The second-order valence-electron chi connectivity index (χ2n) is 4.24. The molecule has 0 saturated carbocycles. The van der Waals surface area contributed by atoms with Crippen LogP contribution in [0.2, 0.25) is 5.28 Å². The molecule has 1 aliphatic rings. The number of aromatic nitrogens is 3. The Balaban J connectivity index is 1.99. The summed E-state index contributed by atoms with van der Waals surface area (Å²) in [5.41, 5.74) is 0. The molecule has 1 aromatic rings. The molecule has 1 atom stereocenters. The van der Waals surface area contributed by atoms with Crippen molar-refractivity contribution < 1.29 is 9.53 Å². The maximum atomic E-state index is 11.1. The second kappa shape index (κ2) is 6.51. The fourth-order valence-corrected chi connectivity index (χ4v) is 1.85. The van der Waals surface area contributed by atoms with Crippen molar-refractivity contribution in [1.82, 2.24) is 20.3 Å². The van der Waals surface area contributed by atoms with Gasteiger partial charge in [-0.3, -0.25) is 4.79 Å². The second-order valence-corrected chi connectivity index (χ2v) is 4.58. The van der Waals surface area contributed by atoms with E-state index in [9.17, 15) is 4.79 Å². The molecule has 1 aromatic heterocycles. The minimum absolute atomic E-state index is 0.0682. The zero-order chi connectivity index (χ0) is 13.7. The molecule has 104 valence electrons. The highest BCUT2D eigenvalue weighted by molar-refractivity contribution is 6.28. The third-order valence-electron chi connectivity index (χ3n) is 2.62. The van der Waals surface area contributed by atoms with Crippen LogP contribution in [-0.2, 0) is 4.79 Å². The molecule has 8 heteroatoms. The molecule has 0 radical (unpaired) electrons. The lowest BCUT2D eigenvalue weighted by atomic mass is 10.1. The molecule has 2 heterocycles. The largest absolute Gasteiger partial charge is 0.463 e. The van der Waals surface area contributed by atoms with E-state index in [4.69, 9.17) is 16.3 Å². The average Bonchev–Trinajstić information content (AvgIpc) is 2.38. The quantitative estimate of drug-likeness (QED) is 0.839. The van der Waals surface area contributed by atoms with E-state index in [1.165, 1.54) is 0 Å². The van der Waals surface area contributed by atoms with E-state index >= 15 is 0 Å². The van der Waals surface area contributed by atoms with E-state index in [-0.39, 0.29) is 23.2 Å². The molecule has 19 heavy (non-hydrogen) atoms. The maximum absolute atomic E-state index is 11.1. The number of hydrogen-bond acceptors (Lipinski definition) is 6. The molecule has 0 aliphatic carbocycles. The van der Waals surface area contributed by atoms with Crippen LogP contribution in [0.3, 0.4) is 0 Å². The number of ether oxygens (including phenoxy) is 1. The van der Waals surface area contributed by atoms with Crippen LogP contribution in [0, 0.1) is 0 Å². The van der Waals surface area contributed by atoms with Crippen molar-refractivity contribution in [3.63, 3.8) is 0 Å². The summed E-state index contributed by atoms with van der Waals surface area (Å²) in [6, 6.07) is 0.305. The summed E-state index contributed by atoms with van der Waals surface area (Å²) in [5.74, 6) is 0.436. The summed E-state index contributed by atoms with van der Waals surface area (Å²) in [4.78, 5) is 23.1. The average molecular weight is 286 g/mol.